The number of benzene rings is 2. The summed E-state index contributed by atoms with van der Waals surface area (Å²) in [6.07, 6.45) is -1.02. The van der Waals surface area contributed by atoms with Crippen LogP contribution < -0.4 is 10.1 Å². The van der Waals surface area contributed by atoms with E-state index in [0.717, 1.165) is 11.3 Å². The minimum atomic E-state index is -1.02. The molecule has 0 aliphatic rings. The van der Waals surface area contributed by atoms with Crippen LogP contribution in [0.1, 0.15) is 39.9 Å². The summed E-state index contributed by atoms with van der Waals surface area (Å²) in [6, 6.07) is 14.9. The van der Waals surface area contributed by atoms with Crippen molar-refractivity contribution in [1.82, 2.24) is 5.16 Å². The number of aryl methyl sites for hydroxylation is 2. The maximum absolute atomic E-state index is 12.4. The molecule has 0 unspecified atom stereocenters. The summed E-state index contributed by atoms with van der Waals surface area (Å²) in [4.78, 5) is 24.6. The maximum Gasteiger partial charge on any atom is 0.338 e. The summed E-state index contributed by atoms with van der Waals surface area (Å²) in [5.41, 5.74) is 2.80. The van der Waals surface area contributed by atoms with Crippen LogP contribution in [0.4, 0.5) is 5.69 Å². The van der Waals surface area contributed by atoms with Crippen LogP contribution in [0.15, 0.2) is 53.1 Å². The molecule has 0 fully saturated rings. The lowest BCUT2D eigenvalue weighted by atomic mass is 10.2. The second kappa shape index (κ2) is 9.59. The fourth-order valence-electron chi connectivity index (χ4n) is 2.74. The summed E-state index contributed by atoms with van der Waals surface area (Å²) in [5.74, 6) is 0.137. The standard InChI is InChI=1S/C23H21N3O5/c1-14-21(15(2)31-26-14)13-29-20-9-7-18(8-10-20)23(28)30-16(3)22(27)25-19-6-4-5-17(11-19)12-24/h4-11,16H,13H2,1-3H3,(H,25,27)/t16-/m1/s1. The molecule has 0 aliphatic carbocycles. The van der Waals surface area contributed by atoms with Crippen molar-refractivity contribution >= 4 is 17.6 Å². The molecule has 0 saturated carbocycles. The van der Waals surface area contributed by atoms with Crippen LogP contribution in [0.3, 0.4) is 0 Å². The molecule has 3 aromatic rings. The van der Waals surface area contributed by atoms with Crippen LogP contribution in [0.5, 0.6) is 5.75 Å². The Kier molecular flexibility index (Phi) is 6.67. The number of carbonyl (C=O) groups is 2. The van der Waals surface area contributed by atoms with Crippen LogP contribution in [-0.4, -0.2) is 23.1 Å². The van der Waals surface area contributed by atoms with Gasteiger partial charge in [-0.05, 0) is 63.2 Å². The second-order valence-electron chi connectivity index (χ2n) is 6.85. The molecule has 1 N–H and O–H groups in total. The van der Waals surface area contributed by atoms with E-state index < -0.39 is 18.0 Å². The third-order valence-corrected chi connectivity index (χ3v) is 4.57. The van der Waals surface area contributed by atoms with Crippen LogP contribution in [0.2, 0.25) is 0 Å². The highest BCUT2D eigenvalue weighted by atomic mass is 16.5. The number of rotatable bonds is 7. The van der Waals surface area contributed by atoms with Gasteiger partial charge in [0.05, 0.1) is 28.5 Å². The molecule has 0 radical (unpaired) electrons. The first-order valence-corrected chi connectivity index (χ1v) is 9.54. The average Bonchev–Trinajstić information content (AvgIpc) is 3.09. The maximum atomic E-state index is 12.4. The van der Waals surface area contributed by atoms with E-state index in [2.05, 4.69) is 10.5 Å². The molecule has 0 bridgehead atoms. The number of hydrogen-bond donors (Lipinski definition) is 1. The normalized spacial score (nSPS) is 11.3. The van der Waals surface area contributed by atoms with E-state index in [-0.39, 0.29) is 5.56 Å². The number of ether oxygens (including phenoxy) is 2. The van der Waals surface area contributed by atoms with Crippen molar-refractivity contribution in [2.45, 2.75) is 33.5 Å². The van der Waals surface area contributed by atoms with Gasteiger partial charge in [0.15, 0.2) is 6.10 Å². The van der Waals surface area contributed by atoms with Gasteiger partial charge in [0.25, 0.3) is 5.91 Å². The minimum absolute atomic E-state index is 0.288. The summed E-state index contributed by atoms with van der Waals surface area (Å²) in [7, 11) is 0. The van der Waals surface area contributed by atoms with Crippen molar-refractivity contribution in [3.63, 3.8) is 0 Å². The van der Waals surface area contributed by atoms with E-state index in [9.17, 15) is 9.59 Å². The SMILES string of the molecule is Cc1noc(C)c1COc1ccc(C(=O)O[C@H](C)C(=O)Nc2cccc(C#N)c2)cc1. The van der Waals surface area contributed by atoms with Gasteiger partial charge < -0.3 is 19.3 Å². The van der Waals surface area contributed by atoms with E-state index in [1.165, 1.54) is 13.0 Å². The summed E-state index contributed by atoms with van der Waals surface area (Å²) in [6.45, 7) is 5.43. The molecule has 158 valence electrons. The molecule has 1 heterocycles. The predicted molar refractivity (Wildman–Crippen MR) is 111 cm³/mol. The quantitative estimate of drug-likeness (QED) is 0.577. The van der Waals surface area contributed by atoms with Gasteiger partial charge in [0.1, 0.15) is 18.1 Å². The molecule has 0 spiro atoms. The molecule has 2 aromatic carbocycles. The Balaban J connectivity index is 1.54. The van der Waals surface area contributed by atoms with Gasteiger partial charge in [-0.15, -0.1) is 0 Å². The number of nitriles is 1. The van der Waals surface area contributed by atoms with Gasteiger partial charge in [-0.2, -0.15) is 5.26 Å². The summed E-state index contributed by atoms with van der Waals surface area (Å²) < 4.78 is 16.1. The fourth-order valence-corrected chi connectivity index (χ4v) is 2.74. The van der Waals surface area contributed by atoms with Gasteiger partial charge in [-0.1, -0.05) is 11.2 Å². The topological polar surface area (TPSA) is 114 Å². The molecule has 1 atom stereocenters. The number of anilines is 1. The highest BCUT2D eigenvalue weighted by Crippen LogP contribution is 2.19. The van der Waals surface area contributed by atoms with Crippen LogP contribution in [-0.2, 0) is 16.1 Å². The molecule has 1 amide bonds. The molecule has 0 aliphatic heterocycles. The molecule has 8 nitrogen and oxygen atoms in total. The van der Waals surface area contributed by atoms with Crippen molar-refractivity contribution in [2.24, 2.45) is 0 Å². The van der Waals surface area contributed by atoms with Crippen LogP contribution in [0.25, 0.3) is 0 Å². The predicted octanol–water partition coefficient (Wildman–Crippen LogP) is 3.93. The highest BCUT2D eigenvalue weighted by molar-refractivity contribution is 5.97. The van der Waals surface area contributed by atoms with Crippen LogP contribution >= 0.6 is 0 Å². The first-order chi connectivity index (χ1) is 14.9. The Morgan fingerprint density at radius 2 is 1.94 bits per heavy atom. The van der Waals surface area contributed by atoms with E-state index in [1.807, 2.05) is 19.9 Å². The monoisotopic (exact) mass is 419 g/mol. The number of amides is 1. The van der Waals surface area contributed by atoms with E-state index in [4.69, 9.17) is 19.3 Å². The summed E-state index contributed by atoms with van der Waals surface area (Å²) in [5, 5.41) is 15.4. The van der Waals surface area contributed by atoms with Gasteiger partial charge in [-0.3, -0.25) is 4.79 Å². The van der Waals surface area contributed by atoms with E-state index in [1.54, 1.807) is 42.5 Å². The van der Waals surface area contributed by atoms with E-state index >= 15 is 0 Å². The van der Waals surface area contributed by atoms with Crippen molar-refractivity contribution in [1.29, 1.82) is 5.26 Å². The third kappa shape index (κ3) is 5.48. The third-order valence-electron chi connectivity index (χ3n) is 4.57. The first-order valence-electron chi connectivity index (χ1n) is 9.54. The highest BCUT2D eigenvalue weighted by Gasteiger charge is 2.19. The molecule has 31 heavy (non-hydrogen) atoms. The summed E-state index contributed by atoms with van der Waals surface area (Å²) >= 11 is 0. The Morgan fingerprint density at radius 1 is 1.19 bits per heavy atom. The van der Waals surface area contributed by atoms with Crippen molar-refractivity contribution in [3.8, 4) is 11.8 Å². The van der Waals surface area contributed by atoms with Gasteiger partial charge in [0, 0.05) is 5.69 Å². The molecular formula is C23H21N3O5. The van der Waals surface area contributed by atoms with E-state index in [0.29, 0.717) is 29.4 Å². The zero-order valence-corrected chi connectivity index (χ0v) is 17.3. The van der Waals surface area contributed by atoms with Gasteiger partial charge in [-0.25, -0.2) is 4.79 Å². The lowest BCUT2D eigenvalue weighted by molar-refractivity contribution is -0.123. The number of nitrogens with zero attached hydrogens (tertiary/aromatic N) is 2. The molecule has 3 rings (SSSR count). The Hall–Kier alpha value is -4.12. The number of esters is 1. The number of hydrogen-bond acceptors (Lipinski definition) is 7. The molecule has 0 saturated heterocycles. The fraction of sp³-hybridized carbons (Fsp3) is 0.217. The Morgan fingerprint density at radius 3 is 2.58 bits per heavy atom. The first kappa shape index (κ1) is 21.6. The average molecular weight is 419 g/mol. The van der Waals surface area contributed by atoms with Crippen molar-refractivity contribution < 1.29 is 23.6 Å². The molecular weight excluding hydrogens is 398 g/mol. The second-order valence-corrected chi connectivity index (χ2v) is 6.85. The van der Waals surface area contributed by atoms with Crippen molar-refractivity contribution in [2.75, 3.05) is 5.32 Å². The minimum Gasteiger partial charge on any atom is -0.489 e. The number of carbonyl (C=O) groups excluding carboxylic acids is 2. The van der Waals surface area contributed by atoms with Gasteiger partial charge in [0.2, 0.25) is 0 Å². The molecule has 8 heteroatoms. The lowest BCUT2D eigenvalue weighted by Gasteiger charge is -2.14. The molecule has 1 aromatic heterocycles. The lowest BCUT2D eigenvalue weighted by Crippen LogP contribution is -2.30. The smallest absolute Gasteiger partial charge is 0.338 e. The number of nitrogens with one attached hydrogen (secondary N) is 1. The van der Waals surface area contributed by atoms with Gasteiger partial charge >= 0.3 is 5.97 Å². The van der Waals surface area contributed by atoms with Crippen molar-refractivity contribution in [3.05, 3.63) is 76.7 Å². The Bertz CT molecular complexity index is 1110. The zero-order valence-electron chi connectivity index (χ0n) is 17.3. The Labute approximate surface area is 179 Å². The number of aromatic nitrogens is 1. The zero-order chi connectivity index (χ0) is 22.4. The largest absolute Gasteiger partial charge is 0.489 e. The van der Waals surface area contributed by atoms with Crippen LogP contribution in [0, 0.1) is 25.2 Å².